The molecule has 9 heteroatoms. The molecule has 0 bridgehead atoms. The molecule has 0 radical (unpaired) electrons. The number of aliphatic carboxylic acids is 1. The highest BCUT2D eigenvalue weighted by Crippen LogP contribution is 2.30. The van der Waals surface area contributed by atoms with E-state index in [1.807, 2.05) is 18.4 Å². The van der Waals surface area contributed by atoms with Crippen molar-refractivity contribution in [2.75, 3.05) is 5.75 Å². The number of rotatable bonds is 6. The number of thioether (sulfide) groups is 1. The Balaban J connectivity index is 2.52. The molecule has 2 aromatic rings. The molecule has 2 heterocycles. The highest BCUT2D eigenvalue weighted by molar-refractivity contribution is 7.99. The lowest BCUT2D eigenvalue weighted by atomic mass is 10.2. The molecule has 3 N–H and O–H groups in total. The van der Waals surface area contributed by atoms with Crippen LogP contribution in [0.4, 0.5) is 0 Å². The van der Waals surface area contributed by atoms with Crippen molar-refractivity contribution in [3.63, 3.8) is 0 Å². The van der Waals surface area contributed by atoms with Crippen LogP contribution in [0.3, 0.4) is 0 Å². The minimum absolute atomic E-state index is 0.0981. The van der Waals surface area contributed by atoms with E-state index in [0.717, 1.165) is 23.1 Å². The van der Waals surface area contributed by atoms with Gasteiger partial charge in [-0.25, -0.2) is 4.98 Å². The van der Waals surface area contributed by atoms with Gasteiger partial charge in [-0.2, -0.15) is 5.10 Å². The van der Waals surface area contributed by atoms with E-state index in [1.165, 1.54) is 0 Å². The molecule has 114 valence electrons. The Morgan fingerprint density at radius 1 is 1.48 bits per heavy atom. The molecule has 0 aliphatic heterocycles. The fraction of sp³-hybridized carbons (Fsp3) is 0.500. The van der Waals surface area contributed by atoms with E-state index in [4.69, 9.17) is 10.8 Å². The van der Waals surface area contributed by atoms with Gasteiger partial charge >= 0.3 is 5.97 Å². The summed E-state index contributed by atoms with van der Waals surface area (Å²) in [4.78, 5) is 26.4. The average Bonchev–Trinajstić information content (AvgIpc) is 2.85. The number of hydrogen-bond acceptors (Lipinski definition) is 5. The lowest BCUT2D eigenvalue weighted by Crippen LogP contribution is -2.19. The number of carbonyl (C=O) groups excluding carboxylic acids is 1. The van der Waals surface area contributed by atoms with Gasteiger partial charge < -0.3 is 15.4 Å². The topological polar surface area (TPSA) is 116 Å². The van der Waals surface area contributed by atoms with Gasteiger partial charge in [-0.05, 0) is 13.8 Å². The fourth-order valence-corrected chi connectivity index (χ4v) is 3.10. The third kappa shape index (κ3) is 3.02. The van der Waals surface area contributed by atoms with Crippen molar-refractivity contribution in [2.45, 2.75) is 31.5 Å². The van der Waals surface area contributed by atoms with Crippen LogP contribution in [-0.2, 0) is 16.6 Å². The number of imidazole rings is 1. The van der Waals surface area contributed by atoms with Crippen LogP contribution in [0.25, 0.3) is 11.2 Å². The highest BCUT2D eigenvalue weighted by Gasteiger charge is 2.22. The number of aryl methyl sites for hydroxylation is 2. The molecule has 2 rings (SSSR count). The van der Waals surface area contributed by atoms with Crippen LogP contribution in [0.15, 0.2) is 5.16 Å². The molecule has 0 spiro atoms. The first kappa shape index (κ1) is 15.4. The minimum atomic E-state index is -0.920. The zero-order valence-electron chi connectivity index (χ0n) is 12.0. The van der Waals surface area contributed by atoms with Crippen molar-refractivity contribution in [3.8, 4) is 0 Å². The van der Waals surface area contributed by atoms with Crippen LogP contribution < -0.4 is 5.73 Å². The van der Waals surface area contributed by atoms with E-state index < -0.39 is 11.9 Å². The van der Waals surface area contributed by atoms with E-state index >= 15 is 0 Å². The molecule has 21 heavy (non-hydrogen) atoms. The van der Waals surface area contributed by atoms with Gasteiger partial charge in [0.15, 0.2) is 10.8 Å². The number of amides is 1. The summed E-state index contributed by atoms with van der Waals surface area (Å²) in [5.41, 5.74) is 7.49. The van der Waals surface area contributed by atoms with Crippen LogP contribution in [0.1, 0.15) is 25.1 Å². The summed E-state index contributed by atoms with van der Waals surface area (Å²) in [6.07, 6.45) is 0.149. The zero-order chi connectivity index (χ0) is 15.7. The molecule has 0 saturated carbocycles. The number of carboxylic acids is 1. The van der Waals surface area contributed by atoms with Crippen molar-refractivity contribution in [1.29, 1.82) is 0 Å². The van der Waals surface area contributed by atoms with Gasteiger partial charge in [-0.3, -0.25) is 14.3 Å². The zero-order valence-corrected chi connectivity index (χ0v) is 12.8. The van der Waals surface area contributed by atoms with Gasteiger partial charge in [0.2, 0.25) is 5.91 Å². The number of aromatic nitrogens is 4. The van der Waals surface area contributed by atoms with Crippen LogP contribution in [-0.4, -0.2) is 42.1 Å². The molecular weight excluding hydrogens is 294 g/mol. The third-order valence-electron chi connectivity index (χ3n) is 3.06. The van der Waals surface area contributed by atoms with Crippen LogP contribution >= 0.6 is 11.8 Å². The van der Waals surface area contributed by atoms with Gasteiger partial charge in [0.1, 0.15) is 5.52 Å². The molecule has 0 saturated heterocycles. The fourth-order valence-electron chi connectivity index (χ4n) is 2.28. The average molecular weight is 311 g/mol. The second-order valence-corrected chi connectivity index (χ2v) is 5.79. The molecule has 1 atom stereocenters. The molecular formula is C12H17N5O3S. The standard InChI is InChI=1S/C12H17N5O3S/c1-6(4-8(13)18)17-11-10(7(2)15-16(11)3)14-12(17)21-5-9(19)20/h6H,4-5H2,1-3H3,(H2,13,18)(H,19,20). The predicted molar refractivity (Wildman–Crippen MR) is 78.1 cm³/mol. The van der Waals surface area contributed by atoms with Crippen LogP contribution in [0.2, 0.25) is 0 Å². The second-order valence-electron chi connectivity index (χ2n) is 4.85. The smallest absolute Gasteiger partial charge is 0.313 e. The SMILES string of the molecule is Cc1nn(C)c2c1nc(SCC(=O)O)n2C(C)CC(N)=O. The minimum Gasteiger partial charge on any atom is -0.481 e. The molecule has 2 aromatic heterocycles. The first-order chi connectivity index (χ1) is 9.81. The summed E-state index contributed by atoms with van der Waals surface area (Å²) in [6, 6.07) is -0.224. The molecule has 0 fully saturated rings. The Labute approximate surface area is 125 Å². The van der Waals surface area contributed by atoms with E-state index in [9.17, 15) is 9.59 Å². The van der Waals surface area contributed by atoms with Crippen molar-refractivity contribution >= 4 is 34.8 Å². The van der Waals surface area contributed by atoms with Gasteiger partial charge in [0, 0.05) is 19.5 Å². The number of primary amides is 1. The quantitative estimate of drug-likeness (QED) is 0.758. The summed E-state index contributed by atoms with van der Waals surface area (Å²) in [7, 11) is 1.79. The van der Waals surface area contributed by atoms with E-state index in [2.05, 4.69) is 10.1 Å². The second kappa shape index (κ2) is 5.76. The lowest BCUT2D eigenvalue weighted by Gasteiger charge is -2.15. The number of hydrogen-bond donors (Lipinski definition) is 2. The van der Waals surface area contributed by atoms with E-state index in [-0.39, 0.29) is 18.2 Å². The molecule has 8 nitrogen and oxygen atoms in total. The van der Waals surface area contributed by atoms with Crippen molar-refractivity contribution in [2.24, 2.45) is 12.8 Å². The maximum atomic E-state index is 11.2. The Morgan fingerprint density at radius 2 is 2.14 bits per heavy atom. The first-order valence-corrected chi connectivity index (χ1v) is 7.34. The molecule has 0 aliphatic rings. The normalized spacial score (nSPS) is 12.7. The van der Waals surface area contributed by atoms with E-state index in [1.54, 1.807) is 11.7 Å². The number of nitrogens with zero attached hydrogens (tertiary/aromatic N) is 4. The van der Waals surface area contributed by atoms with Gasteiger partial charge in [-0.1, -0.05) is 11.8 Å². The molecule has 1 unspecified atom stereocenters. The summed E-state index contributed by atoms with van der Waals surface area (Å²) in [5.74, 6) is -1.44. The third-order valence-corrected chi connectivity index (χ3v) is 4.00. The monoisotopic (exact) mass is 311 g/mol. The molecule has 0 aliphatic carbocycles. The summed E-state index contributed by atoms with van der Waals surface area (Å²) in [6.45, 7) is 3.68. The maximum Gasteiger partial charge on any atom is 0.313 e. The van der Waals surface area contributed by atoms with Crippen molar-refractivity contribution < 1.29 is 14.7 Å². The van der Waals surface area contributed by atoms with Crippen molar-refractivity contribution in [3.05, 3.63) is 5.69 Å². The van der Waals surface area contributed by atoms with Gasteiger partial charge in [0.25, 0.3) is 0 Å². The maximum absolute atomic E-state index is 11.2. The number of nitrogens with two attached hydrogens (primary N) is 1. The number of carbonyl (C=O) groups is 2. The molecule has 0 aromatic carbocycles. The van der Waals surface area contributed by atoms with Crippen LogP contribution in [0, 0.1) is 6.92 Å². The summed E-state index contributed by atoms with van der Waals surface area (Å²) >= 11 is 1.12. The molecule has 1 amide bonds. The van der Waals surface area contributed by atoms with Crippen molar-refractivity contribution in [1.82, 2.24) is 19.3 Å². The summed E-state index contributed by atoms with van der Waals surface area (Å²) < 4.78 is 3.51. The number of fused-ring (bicyclic) bond motifs is 1. The lowest BCUT2D eigenvalue weighted by molar-refractivity contribution is -0.134. The van der Waals surface area contributed by atoms with Gasteiger partial charge in [-0.15, -0.1) is 0 Å². The number of carboxylic acid groups (broad SMARTS) is 1. The highest BCUT2D eigenvalue weighted by atomic mass is 32.2. The predicted octanol–water partition coefficient (Wildman–Crippen LogP) is 0.691. The van der Waals surface area contributed by atoms with E-state index in [0.29, 0.717) is 10.7 Å². The summed E-state index contributed by atoms with van der Waals surface area (Å²) in [5, 5.41) is 13.7. The van der Waals surface area contributed by atoms with Crippen LogP contribution in [0.5, 0.6) is 0 Å². The largest absolute Gasteiger partial charge is 0.481 e. The Bertz CT molecular complexity index is 705. The Kier molecular flexibility index (Phi) is 4.21. The first-order valence-electron chi connectivity index (χ1n) is 6.35. The Hall–Kier alpha value is -2.03. The Morgan fingerprint density at radius 3 is 2.71 bits per heavy atom. The van der Waals surface area contributed by atoms with Gasteiger partial charge in [0.05, 0.1) is 11.4 Å².